The lowest BCUT2D eigenvalue weighted by atomic mass is 10.0. The molecule has 1 atom stereocenters. The molecule has 1 aliphatic carbocycles. The summed E-state index contributed by atoms with van der Waals surface area (Å²) in [4.78, 5) is 0. The molecule has 10 heavy (non-hydrogen) atoms. The molecule has 0 radical (unpaired) electrons. The van der Waals surface area contributed by atoms with E-state index in [-0.39, 0.29) is 0 Å². The van der Waals surface area contributed by atoms with Crippen LogP contribution in [0.1, 0.15) is 20.3 Å². The molecule has 0 spiro atoms. The third-order valence-corrected chi connectivity index (χ3v) is 1.68. The third kappa shape index (κ3) is 1.63. The van der Waals surface area contributed by atoms with Crippen molar-refractivity contribution in [1.29, 1.82) is 0 Å². The van der Waals surface area contributed by atoms with Crippen molar-refractivity contribution in [2.45, 2.75) is 20.3 Å². The van der Waals surface area contributed by atoms with E-state index in [1.54, 1.807) is 0 Å². The van der Waals surface area contributed by atoms with Gasteiger partial charge in [0.05, 0.1) is 12.4 Å². The van der Waals surface area contributed by atoms with Gasteiger partial charge in [-0.2, -0.15) is 0 Å². The molecule has 0 aromatic carbocycles. The molecule has 0 heterocycles. The van der Waals surface area contributed by atoms with E-state index in [1.165, 1.54) is 0 Å². The average molecular weight is 138 g/mol. The third-order valence-electron chi connectivity index (χ3n) is 1.68. The summed E-state index contributed by atoms with van der Waals surface area (Å²) in [6.45, 7) is 4.99. The number of ether oxygens (including phenoxy) is 1. The maximum absolute atomic E-state index is 5.40. The van der Waals surface area contributed by atoms with Crippen LogP contribution in [0, 0.1) is 5.92 Å². The minimum atomic E-state index is 0.574. The molecule has 0 aromatic rings. The van der Waals surface area contributed by atoms with E-state index < -0.39 is 0 Å². The molecule has 1 rings (SSSR count). The van der Waals surface area contributed by atoms with Crippen molar-refractivity contribution < 1.29 is 4.74 Å². The van der Waals surface area contributed by atoms with Crippen LogP contribution in [0.4, 0.5) is 0 Å². The summed E-state index contributed by atoms with van der Waals surface area (Å²) in [5, 5.41) is 0. The number of rotatable bonds is 2. The van der Waals surface area contributed by atoms with Gasteiger partial charge in [-0.25, -0.2) is 0 Å². The highest BCUT2D eigenvalue weighted by Crippen LogP contribution is 2.19. The van der Waals surface area contributed by atoms with Gasteiger partial charge in [0.15, 0.2) is 0 Å². The molecule has 1 heteroatoms. The normalized spacial score (nSPS) is 24.2. The Bertz CT molecular complexity index is 156. The zero-order valence-corrected chi connectivity index (χ0v) is 6.63. The Balaban J connectivity index is 2.52. The quantitative estimate of drug-likeness (QED) is 0.569. The summed E-state index contributed by atoms with van der Waals surface area (Å²) in [5.41, 5.74) is 0. The molecule has 1 unspecified atom stereocenters. The van der Waals surface area contributed by atoms with E-state index in [4.69, 9.17) is 4.74 Å². The Labute approximate surface area is 62.4 Å². The lowest BCUT2D eigenvalue weighted by Gasteiger charge is -2.16. The average Bonchev–Trinajstić information content (AvgIpc) is 1.94. The maximum Gasteiger partial charge on any atom is 0.0990 e. The minimum absolute atomic E-state index is 0.574. The number of hydrogen-bond acceptors (Lipinski definition) is 1. The molecule has 1 aliphatic rings. The zero-order valence-electron chi connectivity index (χ0n) is 6.63. The summed E-state index contributed by atoms with van der Waals surface area (Å²) in [5.74, 6) is 1.70. The molecule has 0 bridgehead atoms. The van der Waals surface area contributed by atoms with Gasteiger partial charge in [0, 0.05) is 5.92 Å². The molecule has 0 aliphatic heterocycles. The summed E-state index contributed by atoms with van der Waals surface area (Å²) in [6.07, 6.45) is 7.40. The highest BCUT2D eigenvalue weighted by Gasteiger charge is 2.09. The van der Waals surface area contributed by atoms with Crippen LogP contribution in [0.3, 0.4) is 0 Å². The monoisotopic (exact) mass is 138 g/mol. The zero-order chi connectivity index (χ0) is 7.40. The van der Waals surface area contributed by atoms with Crippen molar-refractivity contribution in [3.05, 3.63) is 24.0 Å². The van der Waals surface area contributed by atoms with Gasteiger partial charge in [0.25, 0.3) is 0 Å². The van der Waals surface area contributed by atoms with Gasteiger partial charge in [-0.3, -0.25) is 0 Å². The first-order valence-corrected chi connectivity index (χ1v) is 3.84. The van der Waals surface area contributed by atoms with Gasteiger partial charge in [-0.1, -0.05) is 19.1 Å². The predicted octanol–water partition coefficient (Wildman–Crippen LogP) is 2.50. The second kappa shape index (κ2) is 3.45. The van der Waals surface area contributed by atoms with Gasteiger partial charge in [0.2, 0.25) is 0 Å². The Morgan fingerprint density at radius 3 is 3.10 bits per heavy atom. The summed E-state index contributed by atoms with van der Waals surface area (Å²) >= 11 is 0. The molecule has 0 fully saturated rings. The molecule has 0 saturated heterocycles. The lowest BCUT2D eigenvalue weighted by molar-refractivity contribution is 0.194. The van der Waals surface area contributed by atoms with E-state index in [0.29, 0.717) is 5.92 Å². The van der Waals surface area contributed by atoms with Crippen LogP contribution in [0.15, 0.2) is 24.0 Å². The molecular formula is C9H14O. The Hall–Kier alpha value is -0.720. The summed E-state index contributed by atoms with van der Waals surface area (Å²) < 4.78 is 5.40. The van der Waals surface area contributed by atoms with Crippen LogP contribution in [0.2, 0.25) is 0 Å². The molecule has 0 aromatic heterocycles. The van der Waals surface area contributed by atoms with Gasteiger partial charge in [0.1, 0.15) is 0 Å². The van der Waals surface area contributed by atoms with Crippen molar-refractivity contribution in [2.24, 2.45) is 5.92 Å². The lowest BCUT2D eigenvalue weighted by Crippen LogP contribution is -2.04. The van der Waals surface area contributed by atoms with Crippen LogP contribution in [-0.4, -0.2) is 6.61 Å². The van der Waals surface area contributed by atoms with Crippen LogP contribution < -0.4 is 0 Å². The topological polar surface area (TPSA) is 9.23 Å². The van der Waals surface area contributed by atoms with E-state index >= 15 is 0 Å². The van der Waals surface area contributed by atoms with Gasteiger partial charge in [-0.05, 0) is 19.4 Å². The molecule has 0 N–H and O–H groups in total. The second-order valence-corrected chi connectivity index (χ2v) is 2.57. The Kier molecular flexibility index (Phi) is 2.55. The Morgan fingerprint density at radius 2 is 2.50 bits per heavy atom. The maximum atomic E-state index is 5.40. The van der Waals surface area contributed by atoms with Crippen molar-refractivity contribution >= 4 is 0 Å². The van der Waals surface area contributed by atoms with Crippen LogP contribution in [0.5, 0.6) is 0 Å². The molecule has 56 valence electrons. The standard InChI is InChI=1S/C9H14O/c1-3-10-9-7-5-4-6-8(9)2/h4-5,7-8H,3,6H2,1-2H3. The molecule has 1 nitrogen and oxygen atoms in total. The van der Waals surface area contributed by atoms with Gasteiger partial charge >= 0.3 is 0 Å². The van der Waals surface area contributed by atoms with Gasteiger partial charge in [-0.15, -0.1) is 0 Å². The highest BCUT2D eigenvalue weighted by molar-refractivity contribution is 5.15. The smallest absolute Gasteiger partial charge is 0.0990 e. The van der Waals surface area contributed by atoms with Crippen LogP contribution in [0.25, 0.3) is 0 Å². The van der Waals surface area contributed by atoms with E-state index in [0.717, 1.165) is 18.8 Å². The molecular weight excluding hydrogens is 124 g/mol. The molecule has 0 saturated carbocycles. The largest absolute Gasteiger partial charge is 0.498 e. The number of allylic oxidation sites excluding steroid dienone is 4. The fraction of sp³-hybridized carbons (Fsp3) is 0.556. The van der Waals surface area contributed by atoms with Crippen molar-refractivity contribution in [2.75, 3.05) is 6.61 Å². The predicted molar refractivity (Wildman–Crippen MR) is 42.6 cm³/mol. The van der Waals surface area contributed by atoms with Crippen LogP contribution in [-0.2, 0) is 4.74 Å². The van der Waals surface area contributed by atoms with E-state index in [9.17, 15) is 0 Å². The number of hydrogen-bond donors (Lipinski definition) is 0. The van der Waals surface area contributed by atoms with Gasteiger partial charge < -0.3 is 4.74 Å². The minimum Gasteiger partial charge on any atom is -0.498 e. The fourth-order valence-corrected chi connectivity index (χ4v) is 1.08. The van der Waals surface area contributed by atoms with Crippen molar-refractivity contribution in [3.8, 4) is 0 Å². The first-order valence-electron chi connectivity index (χ1n) is 3.84. The van der Waals surface area contributed by atoms with E-state index in [1.807, 2.05) is 6.92 Å². The molecule has 0 amide bonds. The highest BCUT2D eigenvalue weighted by atomic mass is 16.5. The summed E-state index contributed by atoms with van der Waals surface area (Å²) in [6, 6.07) is 0. The SMILES string of the molecule is CCOC1=CC=CCC1C. The van der Waals surface area contributed by atoms with E-state index in [2.05, 4.69) is 25.2 Å². The Morgan fingerprint density at radius 1 is 1.70 bits per heavy atom. The fourth-order valence-electron chi connectivity index (χ4n) is 1.08. The first kappa shape index (κ1) is 7.39. The van der Waals surface area contributed by atoms with Crippen LogP contribution >= 0.6 is 0 Å². The van der Waals surface area contributed by atoms with Crippen molar-refractivity contribution in [3.63, 3.8) is 0 Å². The van der Waals surface area contributed by atoms with Crippen molar-refractivity contribution in [1.82, 2.24) is 0 Å². The first-order chi connectivity index (χ1) is 4.84. The second-order valence-electron chi connectivity index (χ2n) is 2.57. The summed E-state index contributed by atoms with van der Waals surface area (Å²) in [7, 11) is 0.